The first-order valence-electron chi connectivity index (χ1n) is 8.97. The molecule has 1 saturated carbocycles. The number of amides is 1. The molecule has 1 aromatic heterocycles. The van der Waals surface area contributed by atoms with E-state index in [4.69, 9.17) is 4.74 Å². The molecule has 1 aliphatic carbocycles. The predicted octanol–water partition coefficient (Wildman–Crippen LogP) is 2.91. The van der Waals surface area contributed by atoms with Crippen molar-refractivity contribution in [3.8, 4) is 0 Å². The van der Waals surface area contributed by atoms with Gasteiger partial charge in [0.15, 0.2) is 6.61 Å². The highest BCUT2D eigenvalue weighted by Crippen LogP contribution is 2.35. The van der Waals surface area contributed by atoms with Crippen molar-refractivity contribution in [2.75, 3.05) is 29.9 Å². The molecule has 1 aliphatic heterocycles. The van der Waals surface area contributed by atoms with Gasteiger partial charge in [0.25, 0.3) is 5.91 Å². The first-order chi connectivity index (χ1) is 12.1. The molecule has 0 aromatic carbocycles. The maximum atomic E-state index is 11.9. The Morgan fingerprint density at radius 3 is 2.68 bits per heavy atom. The first kappa shape index (κ1) is 17.5. The van der Waals surface area contributed by atoms with Gasteiger partial charge in [-0.1, -0.05) is 5.57 Å². The van der Waals surface area contributed by atoms with Crippen molar-refractivity contribution < 1.29 is 14.3 Å². The molecule has 3 rings (SSSR count). The van der Waals surface area contributed by atoms with E-state index in [1.807, 2.05) is 19.1 Å². The van der Waals surface area contributed by atoms with Gasteiger partial charge in [-0.3, -0.25) is 4.79 Å². The molecule has 2 heterocycles. The van der Waals surface area contributed by atoms with E-state index in [0.29, 0.717) is 11.6 Å². The average molecular weight is 343 g/mol. The minimum absolute atomic E-state index is 0.291. The summed E-state index contributed by atoms with van der Waals surface area (Å²) in [7, 11) is 0. The second-order valence-corrected chi connectivity index (χ2v) is 6.77. The number of anilines is 2. The van der Waals surface area contributed by atoms with Crippen molar-refractivity contribution in [1.82, 2.24) is 4.98 Å². The Bertz CT molecular complexity index is 644. The number of hydrogen-bond acceptors (Lipinski definition) is 5. The lowest BCUT2D eigenvalue weighted by Crippen LogP contribution is -2.30. The fraction of sp³-hybridized carbons (Fsp3) is 0.526. The van der Waals surface area contributed by atoms with Crippen LogP contribution in [-0.4, -0.2) is 36.6 Å². The number of piperidine rings is 1. The van der Waals surface area contributed by atoms with Crippen molar-refractivity contribution in [3.05, 3.63) is 30.0 Å². The fourth-order valence-electron chi connectivity index (χ4n) is 2.99. The molecule has 134 valence electrons. The second-order valence-electron chi connectivity index (χ2n) is 6.77. The highest BCUT2D eigenvalue weighted by molar-refractivity contribution is 5.93. The molecule has 0 bridgehead atoms. The minimum Gasteiger partial charge on any atom is -0.452 e. The number of allylic oxidation sites excluding steroid dienone is 1. The molecular formula is C19H25N3O3. The third kappa shape index (κ3) is 5.31. The van der Waals surface area contributed by atoms with E-state index in [2.05, 4.69) is 15.2 Å². The van der Waals surface area contributed by atoms with Gasteiger partial charge in [0.05, 0.1) is 11.9 Å². The number of rotatable bonds is 6. The topological polar surface area (TPSA) is 71.5 Å². The van der Waals surface area contributed by atoms with Crippen LogP contribution in [-0.2, 0) is 14.3 Å². The van der Waals surface area contributed by atoms with Crippen LogP contribution >= 0.6 is 0 Å². The average Bonchev–Trinajstić information content (AvgIpc) is 3.47. The van der Waals surface area contributed by atoms with Gasteiger partial charge in [0.2, 0.25) is 0 Å². The highest BCUT2D eigenvalue weighted by atomic mass is 16.5. The van der Waals surface area contributed by atoms with E-state index in [9.17, 15) is 9.59 Å². The SMILES string of the molecule is CC(=CC(=O)OCC(=O)Nc1ccc(N2CCCCC2)nc1)C1CC1. The molecule has 0 spiro atoms. The quantitative estimate of drug-likeness (QED) is 0.635. The lowest BCUT2D eigenvalue weighted by atomic mass is 10.1. The zero-order chi connectivity index (χ0) is 17.6. The number of hydrogen-bond donors (Lipinski definition) is 1. The van der Waals surface area contributed by atoms with Crippen LogP contribution < -0.4 is 10.2 Å². The van der Waals surface area contributed by atoms with Crippen molar-refractivity contribution in [1.29, 1.82) is 0 Å². The van der Waals surface area contributed by atoms with Crippen LogP contribution in [0.15, 0.2) is 30.0 Å². The van der Waals surface area contributed by atoms with E-state index in [0.717, 1.165) is 37.3 Å². The van der Waals surface area contributed by atoms with E-state index < -0.39 is 5.97 Å². The van der Waals surface area contributed by atoms with E-state index in [1.54, 1.807) is 6.20 Å². The third-order valence-electron chi connectivity index (χ3n) is 4.62. The predicted molar refractivity (Wildman–Crippen MR) is 96.4 cm³/mol. The summed E-state index contributed by atoms with van der Waals surface area (Å²) in [5, 5.41) is 2.70. The molecule has 1 amide bonds. The molecule has 6 nitrogen and oxygen atoms in total. The normalized spacial score (nSPS) is 18.0. The molecule has 25 heavy (non-hydrogen) atoms. The number of ether oxygens (including phenoxy) is 1. The summed E-state index contributed by atoms with van der Waals surface area (Å²) in [5.74, 6) is 0.632. The molecule has 6 heteroatoms. The monoisotopic (exact) mass is 343 g/mol. The van der Waals surface area contributed by atoms with Gasteiger partial charge in [-0.15, -0.1) is 0 Å². The van der Waals surface area contributed by atoms with Crippen LogP contribution in [0.2, 0.25) is 0 Å². The number of aromatic nitrogens is 1. The van der Waals surface area contributed by atoms with Crippen molar-refractivity contribution in [2.45, 2.75) is 39.0 Å². The summed E-state index contributed by atoms with van der Waals surface area (Å²) < 4.78 is 4.99. The van der Waals surface area contributed by atoms with Crippen molar-refractivity contribution in [2.24, 2.45) is 5.92 Å². The number of nitrogens with zero attached hydrogens (tertiary/aromatic N) is 2. The summed E-state index contributed by atoms with van der Waals surface area (Å²) in [4.78, 5) is 30.2. The summed E-state index contributed by atoms with van der Waals surface area (Å²) in [6.07, 6.45) is 9.06. The van der Waals surface area contributed by atoms with Crippen molar-refractivity contribution >= 4 is 23.4 Å². The zero-order valence-electron chi connectivity index (χ0n) is 14.7. The largest absolute Gasteiger partial charge is 0.452 e. The van der Waals surface area contributed by atoms with Crippen LogP contribution in [0, 0.1) is 5.92 Å². The molecular weight excluding hydrogens is 318 g/mol. The van der Waals surface area contributed by atoms with E-state index in [1.165, 1.54) is 25.3 Å². The third-order valence-corrected chi connectivity index (χ3v) is 4.62. The fourth-order valence-corrected chi connectivity index (χ4v) is 2.99. The molecule has 0 radical (unpaired) electrons. The van der Waals surface area contributed by atoms with Gasteiger partial charge in [-0.2, -0.15) is 0 Å². The molecule has 2 fully saturated rings. The number of pyridine rings is 1. The van der Waals surface area contributed by atoms with Gasteiger partial charge in [0, 0.05) is 19.2 Å². The maximum absolute atomic E-state index is 11.9. The number of carbonyl (C=O) groups excluding carboxylic acids is 2. The molecule has 1 aromatic rings. The van der Waals surface area contributed by atoms with Crippen LogP contribution in [0.25, 0.3) is 0 Å². The lowest BCUT2D eigenvalue weighted by Gasteiger charge is -2.27. The zero-order valence-corrected chi connectivity index (χ0v) is 14.7. The molecule has 0 atom stereocenters. The van der Waals surface area contributed by atoms with Gasteiger partial charge in [-0.05, 0) is 57.1 Å². The maximum Gasteiger partial charge on any atom is 0.331 e. The summed E-state index contributed by atoms with van der Waals surface area (Å²) in [5.41, 5.74) is 1.63. The standard InChI is InChI=1S/C19H25N3O3/c1-14(15-5-6-15)11-19(24)25-13-18(23)21-16-7-8-17(20-12-16)22-9-3-2-4-10-22/h7-8,11-12,15H,2-6,9-10,13H2,1H3,(H,21,23). The second kappa shape index (κ2) is 8.14. The van der Waals surface area contributed by atoms with Crippen LogP contribution in [0.1, 0.15) is 39.0 Å². The molecule has 1 N–H and O–H groups in total. The van der Waals surface area contributed by atoms with Crippen LogP contribution in [0.3, 0.4) is 0 Å². The number of nitrogens with one attached hydrogen (secondary N) is 1. The smallest absolute Gasteiger partial charge is 0.331 e. The first-order valence-corrected chi connectivity index (χ1v) is 8.97. The Kier molecular flexibility index (Phi) is 5.68. The minimum atomic E-state index is -0.460. The van der Waals surface area contributed by atoms with Gasteiger partial charge >= 0.3 is 5.97 Å². The number of carbonyl (C=O) groups is 2. The Balaban J connectivity index is 1.44. The molecule has 1 saturated heterocycles. The number of esters is 1. The molecule has 0 unspecified atom stereocenters. The summed E-state index contributed by atoms with van der Waals surface area (Å²) in [6.45, 7) is 3.70. The Morgan fingerprint density at radius 2 is 2.04 bits per heavy atom. The Labute approximate surface area is 148 Å². The van der Waals surface area contributed by atoms with Crippen molar-refractivity contribution in [3.63, 3.8) is 0 Å². The van der Waals surface area contributed by atoms with Crippen LogP contribution in [0.5, 0.6) is 0 Å². The Hall–Kier alpha value is -2.37. The molecule has 2 aliphatic rings. The van der Waals surface area contributed by atoms with Gasteiger partial charge in [-0.25, -0.2) is 9.78 Å². The Morgan fingerprint density at radius 1 is 1.28 bits per heavy atom. The van der Waals surface area contributed by atoms with Crippen LogP contribution in [0.4, 0.5) is 11.5 Å². The summed E-state index contributed by atoms with van der Waals surface area (Å²) in [6, 6.07) is 3.74. The van der Waals surface area contributed by atoms with Gasteiger partial charge < -0.3 is 15.0 Å². The lowest BCUT2D eigenvalue weighted by molar-refractivity contribution is -0.142. The van der Waals surface area contributed by atoms with Gasteiger partial charge in [0.1, 0.15) is 5.82 Å². The summed E-state index contributed by atoms with van der Waals surface area (Å²) >= 11 is 0. The highest BCUT2D eigenvalue weighted by Gasteiger charge is 2.23. The van der Waals surface area contributed by atoms with E-state index >= 15 is 0 Å². The van der Waals surface area contributed by atoms with E-state index in [-0.39, 0.29) is 12.5 Å².